The molecular formula is C13H18N4O8. The number of nitro groups is 1. The molecule has 0 saturated heterocycles. The third-order valence-electron chi connectivity index (χ3n) is 3.75. The summed E-state index contributed by atoms with van der Waals surface area (Å²) in [5, 5.41) is 59.6. The van der Waals surface area contributed by atoms with E-state index < -0.39 is 42.5 Å². The fourth-order valence-corrected chi connectivity index (χ4v) is 2.34. The lowest BCUT2D eigenvalue weighted by Gasteiger charge is -2.30. The topological polar surface area (TPSA) is 184 Å². The minimum Gasteiger partial charge on any atom is -0.394 e. The molecule has 25 heavy (non-hydrogen) atoms. The number of aromatic nitrogens is 2. The Hall–Kier alpha value is -2.38. The van der Waals surface area contributed by atoms with Gasteiger partial charge in [-0.3, -0.25) is 10.1 Å². The van der Waals surface area contributed by atoms with Gasteiger partial charge in [-0.05, 0) is 16.4 Å². The van der Waals surface area contributed by atoms with Crippen LogP contribution in [-0.2, 0) is 4.74 Å². The fourth-order valence-electron chi connectivity index (χ4n) is 2.34. The summed E-state index contributed by atoms with van der Waals surface area (Å²) < 4.78 is 9.37. The van der Waals surface area contributed by atoms with Gasteiger partial charge < -0.3 is 30.5 Å². The van der Waals surface area contributed by atoms with Crippen LogP contribution in [0.5, 0.6) is 0 Å². The van der Waals surface area contributed by atoms with E-state index in [1.807, 2.05) is 0 Å². The van der Waals surface area contributed by atoms with Crippen molar-refractivity contribution in [1.29, 1.82) is 0 Å². The minimum atomic E-state index is -1.52. The highest BCUT2D eigenvalue weighted by Crippen LogP contribution is 2.29. The number of nitrogens with one attached hydrogen (secondary N) is 1. The molecule has 12 nitrogen and oxygen atoms in total. The molecule has 0 spiro atoms. The molecule has 0 fully saturated rings. The summed E-state index contributed by atoms with van der Waals surface area (Å²) in [6.07, 6.45) is -4.08. The Morgan fingerprint density at radius 3 is 2.48 bits per heavy atom. The number of nitro benzene ring substituents is 1. The Labute approximate surface area is 140 Å². The summed E-state index contributed by atoms with van der Waals surface area (Å²) in [5.41, 5.74) is -0.195. The van der Waals surface area contributed by atoms with Crippen molar-refractivity contribution in [2.75, 3.05) is 25.6 Å². The van der Waals surface area contributed by atoms with Gasteiger partial charge in [0.25, 0.3) is 0 Å². The van der Waals surface area contributed by atoms with Crippen LogP contribution in [0.25, 0.3) is 11.0 Å². The van der Waals surface area contributed by atoms with Crippen LogP contribution in [0, 0.1) is 10.1 Å². The number of hydrogen-bond donors (Lipinski definition) is 5. The molecule has 138 valence electrons. The van der Waals surface area contributed by atoms with Crippen LogP contribution < -0.4 is 5.32 Å². The number of nitrogens with zero attached hydrogens (tertiary/aromatic N) is 3. The first-order valence-corrected chi connectivity index (χ1v) is 7.21. The van der Waals surface area contributed by atoms with Crippen LogP contribution in [0.4, 0.5) is 11.4 Å². The number of non-ortho nitro benzene ring substituents is 1. The van der Waals surface area contributed by atoms with Gasteiger partial charge >= 0.3 is 5.69 Å². The number of benzene rings is 1. The lowest BCUT2D eigenvalue weighted by molar-refractivity contribution is -0.383. The summed E-state index contributed by atoms with van der Waals surface area (Å²) in [6, 6.07) is 1.39. The molecule has 0 amide bonds. The number of aliphatic hydroxyl groups excluding tert-OH is 4. The van der Waals surface area contributed by atoms with E-state index >= 15 is 0 Å². The standard InChI is InChI=1S/C13H18N4O8/c1-24-9(5-19)13(21)12(20)7(4-18)14-6-2-3-8(17(22)23)11-10(6)15-25-16-11/h2-3,7,9,12-14,18-21H,4-5H2,1H3. The van der Waals surface area contributed by atoms with Crippen molar-refractivity contribution in [3.8, 4) is 0 Å². The zero-order valence-corrected chi connectivity index (χ0v) is 13.1. The highest BCUT2D eigenvalue weighted by Gasteiger charge is 2.32. The van der Waals surface area contributed by atoms with E-state index in [1.54, 1.807) is 0 Å². The van der Waals surface area contributed by atoms with Crippen LogP contribution in [-0.4, -0.2) is 80.3 Å². The Balaban J connectivity index is 2.27. The van der Waals surface area contributed by atoms with Crippen LogP contribution in [0.15, 0.2) is 16.8 Å². The van der Waals surface area contributed by atoms with Crippen molar-refractivity contribution in [2.45, 2.75) is 24.4 Å². The molecule has 5 N–H and O–H groups in total. The SMILES string of the molecule is COC(CO)C(O)C(O)C(CO)Nc1ccc([N+](=O)[O-])c2nonc12. The lowest BCUT2D eigenvalue weighted by atomic mass is 10.0. The molecule has 4 unspecified atom stereocenters. The minimum absolute atomic E-state index is 0.0276. The normalized spacial score (nSPS) is 16.4. The second-order valence-corrected chi connectivity index (χ2v) is 5.22. The monoisotopic (exact) mass is 358 g/mol. The first-order chi connectivity index (χ1) is 11.9. The van der Waals surface area contributed by atoms with Gasteiger partial charge in [-0.25, -0.2) is 4.63 Å². The zero-order valence-electron chi connectivity index (χ0n) is 13.1. The van der Waals surface area contributed by atoms with Crippen LogP contribution in [0.2, 0.25) is 0 Å². The summed E-state index contributed by atoms with van der Waals surface area (Å²) in [7, 11) is 1.25. The molecule has 1 aromatic heterocycles. The van der Waals surface area contributed by atoms with Crippen molar-refractivity contribution in [3.05, 3.63) is 22.2 Å². The zero-order chi connectivity index (χ0) is 18.6. The van der Waals surface area contributed by atoms with Crippen molar-refractivity contribution in [2.24, 2.45) is 0 Å². The van der Waals surface area contributed by atoms with Crippen LogP contribution >= 0.6 is 0 Å². The highest BCUT2D eigenvalue weighted by atomic mass is 16.6. The largest absolute Gasteiger partial charge is 0.394 e. The van der Waals surface area contributed by atoms with Crippen molar-refractivity contribution < 1.29 is 34.7 Å². The molecule has 0 bridgehead atoms. The van der Waals surface area contributed by atoms with Crippen molar-refractivity contribution >= 4 is 22.4 Å². The molecule has 4 atom stereocenters. The van der Waals surface area contributed by atoms with Gasteiger partial charge in [-0.2, -0.15) is 0 Å². The van der Waals surface area contributed by atoms with E-state index in [1.165, 1.54) is 13.2 Å². The molecule has 0 aliphatic rings. The van der Waals surface area contributed by atoms with Gasteiger partial charge in [0.1, 0.15) is 18.3 Å². The van der Waals surface area contributed by atoms with Gasteiger partial charge in [0.15, 0.2) is 5.52 Å². The van der Waals surface area contributed by atoms with E-state index in [2.05, 4.69) is 20.3 Å². The average Bonchev–Trinajstić information content (AvgIpc) is 3.09. The van der Waals surface area contributed by atoms with Gasteiger partial charge in [0, 0.05) is 13.2 Å². The van der Waals surface area contributed by atoms with Gasteiger partial charge in [0.05, 0.1) is 29.9 Å². The molecule has 0 radical (unpaired) electrons. The average molecular weight is 358 g/mol. The summed E-state index contributed by atoms with van der Waals surface area (Å²) in [6.45, 7) is -1.13. The summed E-state index contributed by atoms with van der Waals surface area (Å²) in [5.74, 6) is 0. The number of anilines is 1. The molecular weight excluding hydrogens is 340 g/mol. The van der Waals surface area contributed by atoms with E-state index in [9.17, 15) is 25.4 Å². The number of aliphatic hydroxyl groups is 4. The van der Waals surface area contributed by atoms with Crippen molar-refractivity contribution in [1.82, 2.24) is 10.3 Å². The number of methoxy groups -OCH3 is 1. The molecule has 12 heteroatoms. The number of fused-ring (bicyclic) bond motifs is 1. The smallest absolute Gasteiger partial charge is 0.300 e. The summed E-state index contributed by atoms with van der Waals surface area (Å²) >= 11 is 0. The maximum absolute atomic E-state index is 11.0. The molecule has 0 saturated carbocycles. The van der Waals surface area contributed by atoms with Gasteiger partial charge in [0.2, 0.25) is 5.52 Å². The maximum atomic E-state index is 11.0. The fraction of sp³-hybridized carbons (Fsp3) is 0.538. The van der Waals surface area contributed by atoms with E-state index in [4.69, 9.17) is 9.84 Å². The van der Waals surface area contributed by atoms with E-state index in [0.29, 0.717) is 0 Å². The maximum Gasteiger partial charge on any atom is 0.300 e. The number of hydrogen-bond acceptors (Lipinski definition) is 11. The third-order valence-corrected chi connectivity index (χ3v) is 3.75. The first-order valence-electron chi connectivity index (χ1n) is 7.21. The quantitative estimate of drug-likeness (QED) is 0.263. The number of ether oxygens (including phenoxy) is 1. The molecule has 2 aromatic rings. The Bertz CT molecular complexity index is 719. The first kappa shape index (κ1) is 19.0. The number of rotatable bonds is 9. The van der Waals surface area contributed by atoms with Crippen molar-refractivity contribution in [3.63, 3.8) is 0 Å². The highest BCUT2D eigenvalue weighted by molar-refractivity contribution is 5.93. The Kier molecular flexibility index (Phi) is 6.17. The summed E-state index contributed by atoms with van der Waals surface area (Å²) in [4.78, 5) is 10.3. The second-order valence-electron chi connectivity index (χ2n) is 5.22. The molecule has 2 rings (SSSR count). The van der Waals surface area contributed by atoms with E-state index in [0.717, 1.165) is 6.07 Å². The predicted octanol–water partition coefficient (Wildman–Crippen LogP) is -1.37. The molecule has 0 aliphatic heterocycles. The molecule has 1 aromatic carbocycles. The Morgan fingerprint density at radius 1 is 1.24 bits per heavy atom. The van der Waals surface area contributed by atoms with Gasteiger partial charge in [-0.1, -0.05) is 0 Å². The van der Waals surface area contributed by atoms with Gasteiger partial charge in [-0.15, -0.1) is 0 Å². The van der Waals surface area contributed by atoms with Crippen LogP contribution in [0.1, 0.15) is 0 Å². The second kappa shape index (κ2) is 8.13. The Morgan fingerprint density at radius 2 is 1.92 bits per heavy atom. The predicted molar refractivity (Wildman–Crippen MR) is 82.9 cm³/mol. The lowest BCUT2D eigenvalue weighted by Crippen LogP contribution is -2.50. The van der Waals surface area contributed by atoms with E-state index in [-0.39, 0.29) is 22.4 Å². The third kappa shape index (κ3) is 3.83. The molecule has 0 aliphatic carbocycles. The van der Waals surface area contributed by atoms with Crippen LogP contribution in [0.3, 0.4) is 0 Å². The molecule has 1 heterocycles.